The van der Waals surface area contributed by atoms with Gasteiger partial charge in [-0.2, -0.15) is 0 Å². The van der Waals surface area contributed by atoms with Crippen LogP contribution in [0.1, 0.15) is 39.1 Å². The van der Waals surface area contributed by atoms with Crippen LogP contribution in [-0.2, 0) is 6.54 Å². The second-order valence-corrected chi connectivity index (χ2v) is 8.28. The van der Waals surface area contributed by atoms with Gasteiger partial charge in [0.25, 0.3) is 5.91 Å². The number of aromatic carboxylic acids is 1. The van der Waals surface area contributed by atoms with Crippen LogP contribution in [-0.4, -0.2) is 33.1 Å². The van der Waals surface area contributed by atoms with E-state index in [1.807, 2.05) is 59.2 Å². The van der Waals surface area contributed by atoms with Crippen LogP contribution in [0.4, 0.5) is 0 Å². The number of aromatic nitrogens is 2. The van der Waals surface area contributed by atoms with Crippen LogP contribution in [0.25, 0.3) is 22.2 Å². The predicted molar refractivity (Wildman–Crippen MR) is 123 cm³/mol. The maximum absolute atomic E-state index is 12.4. The third-order valence-corrected chi connectivity index (χ3v) is 5.91. The number of hydrogen-bond donors (Lipinski definition) is 2. The highest BCUT2D eigenvalue weighted by atomic mass is 16.4. The zero-order valence-electron chi connectivity index (χ0n) is 17.5. The predicted octanol–water partition coefficient (Wildman–Crippen LogP) is 4.59. The van der Waals surface area contributed by atoms with Gasteiger partial charge in [0.05, 0.1) is 22.9 Å². The van der Waals surface area contributed by atoms with Gasteiger partial charge in [-0.15, -0.1) is 0 Å². The molecule has 0 atom stereocenters. The summed E-state index contributed by atoms with van der Waals surface area (Å²) in [5, 5.41) is 12.4. The average Bonchev–Trinajstić information content (AvgIpc) is 3.57. The first-order chi connectivity index (χ1) is 15.6. The molecule has 160 valence electrons. The van der Waals surface area contributed by atoms with Gasteiger partial charge < -0.3 is 15.0 Å². The van der Waals surface area contributed by atoms with Gasteiger partial charge in [0.2, 0.25) is 0 Å². The van der Waals surface area contributed by atoms with E-state index in [0.29, 0.717) is 23.6 Å². The number of amides is 1. The van der Waals surface area contributed by atoms with Crippen LogP contribution < -0.4 is 5.32 Å². The lowest BCUT2D eigenvalue weighted by Gasteiger charge is -2.09. The number of nitrogens with zero attached hydrogens (tertiary/aromatic N) is 2. The van der Waals surface area contributed by atoms with Gasteiger partial charge in [-0.05, 0) is 59.7 Å². The Kier molecular flexibility index (Phi) is 5.19. The molecule has 1 aromatic heterocycles. The van der Waals surface area contributed by atoms with E-state index in [1.165, 1.54) is 12.8 Å². The summed E-state index contributed by atoms with van der Waals surface area (Å²) >= 11 is 0. The summed E-state index contributed by atoms with van der Waals surface area (Å²) in [6.45, 7) is 1.38. The minimum Gasteiger partial charge on any atom is -0.478 e. The lowest BCUT2D eigenvalue weighted by atomic mass is 9.99. The summed E-state index contributed by atoms with van der Waals surface area (Å²) in [4.78, 5) is 28.3. The molecule has 0 saturated heterocycles. The molecule has 32 heavy (non-hydrogen) atoms. The summed E-state index contributed by atoms with van der Waals surface area (Å²) in [6.07, 6.45) is 4.19. The molecule has 1 aliphatic rings. The van der Waals surface area contributed by atoms with Crippen LogP contribution in [0.15, 0.2) is 73.1 Å². The van der Waals surface area contributed by atoms with Crippen molar-refractivity contribution in [2.75, 3.05) is 6.54 Å². The van der Waals surface area contributed by atoms with Gasteiger partial charge in [0.1, 0.15) is 0 Å². The second-order valence-electron chi connectivity index (χ2n) is 8.28. The van der Waals surface area contributed by atoms with E-state index in [9.17, 15) is 14.7 Å². The van der Waals surface area contributed by atoms with E-state index in [2.05, 4.69) is 10.3 Å². The zero-order valence-corrected chi connectivity index (χ0v) is 17.5. The fourth-order valence-corrected chi connectivity index (χ4v) is 3.90. The number of benzene rings is 3. The molecular formula is C26H23N3O3. The Morgan fingerprint density at radius 3 is 2.56 bits per heavy atom. The Balaban J connectivity index is 1.33. The van der Waals surface area contributed by atoms with Gasteiger partial charge >= 0.3 is 5.97 Å². The molecule has 4 aromatic rings. The first-order valence-electron chi connectivity index (χ1n) is 10.7. The highest BCUT2D eigenvalue weighted by Gasteiger charge is 2.22. The molecule has 3 aromatic carbocycles. The van der Waals surface area contributed by atoms with Crippen molar-refractivity contribution in [1.29, 1.82) is 0 Å². The van der Waals surface area contributed by atoms with E-state index in [0.717, 1.165) is 28.7 Å². The Hall–Kier alpha value is -3.93. The Bertz CT molecular complexity index is 1300. The summed E-state index contributed by atoms with van der Waals surface area (Å²) in [7, 11) is 0. The van der Waals surface area contributed by atoms with Crippen molar-refractivity contribution in [3.63, 3.8) is 0 Å². The van der Waals surface area contributed by atoms with E-state index < -0.39 is 5.97 Å². The van der Waals surface area contributed by atoms with E-state index >= 15 is 0 Å². The highest BCUT2D eigenvalue weighted by Crippen LogP contribution is 2.28. The molecule has 5 rings (SSSR count). The van der Waals surface area contributed by atoms with Crippen molar-refractivity contribution in [3.05, 3.63) is 89.7 Å². The summed E-state index contributed by atoms with van der Waals surface area (Å²) in [5.41, 5.74) is 5.31. The van der Waals surface area contributed by atoms with E-state index in [1.54, 1.807) is 18.5 Å². The molecule has 1 fully saturated rings. The van der Waals surface area contributed by atoms with Crippen LogP contribution in [0.2, 0.25) is 0 Å². The topological polar surface area (TPSA) is 84.2 Å². The molecule has 1 heterocycles. The average molecular weight is 425 g/mol. The van der Waals surface area contributed by atoms with Crippen LogP contribution in [0, 0.1) is 5.92 Å². The number of hydrogen-bond acceptors (Lipinski definition) is 3. The van der Waals surface area contributed by atoms with Crippen molar-refractivity contribution < 1.29 is 14.7 Å². The molecule has 1 saturated carbocycles. The van der Waals surface area contributed by atoms with Crippen LogP contribution in [0.5, 0.6) is 0 Å². The van der Waals surface area contributed by atoms with Crippen LogP contribution in [0.3, 0.4) is 0 Å². The van der Waals surface area contributed by atoms with Crippen molar-refractivity contribution in [2.24, 2.45) is 5.92 Å². The first-order valence-corrected chi connectivity index (χ1v) is 10.7. The quantitative estimate of drug-likeness (QED) is 0.454. The summed E-state index contributed by atoms with van der Waals surface area (Å²) in [6, 6.07) is 20.5. The largest absolute Gasteiger partial charge is 0.478 e. The summed E-state index contributed by atoms with van der Waals surface area (Å²) < 4.78 is 2.04. The van der Waals surface area contributed by atoms with Crippen molar-refractivity contribution in [1.82, 2.24) is 14.9 Å². The molecule has 0 radical (unpaired) electrons. The maximum atomic E-state index is 12.4. The minimum absolute atomic E-state index is 0.0504. The van der Waals surface area contributed by atoms with Crippen molar-refractivity contribution in [3.8, 4) is 11.1 Å². The molecule has 6 heteroatoms. The zero-order chi connectivity index (χ0) is 22.1. The monoisotopic (exact) mass is 425 g/mol. The maximum Gasteiger partial charge on any atom is 0.336 e. The molecule has 0 spiro atoms. The molecule has 2 N–H and O–H groups in total. The molecular weight excluding hydrogens is 402 g/mol. The highest BCUT2D eigenvalue weighted by molar-refractivity contribution is 5.97. The lowest BCUT2D eigenvalue weighted by Crippen LogP contribution is -2.25. The van der Waals surface area contributed by atoms with Crippen LogP contribution >= 0.6 is 0 Å². The smallest absolute Gasteiger partial charge is 0.336 e. The molecule has 1 amide bonds. The number of carboxylic acid groups (broad SMARTS) is 1. The molecule has 0 bridgehead atoms. The number of fused-ring (bicyclic) bond motifs is 1. The SMILES string of the molecule is O=C(NCC1CC1)c1ccc2c(c1)ncn2Cc1ccc(-c2ccccc2C(=O)O)cc1. The minimum atomic E-state index is -0.935. The normalized spacial score (nSPS) is 13.2. The lowest BCUT2D eigenvalue weighted by molar-refractivity contribution is 0.0697. The number of carbonyl (C=O) groups is 2. The Morgan fingerprint density at radius 1 is 1.03 bits per heavy atom. The second kappa shape index (κ2) is 8.30. The fraction of sp³-hybridized carbons (Fsp3) is 0.192. The Morgan fingerprint density at radius 2 is 1.81 bits per heavy atom. The van der Waals surface area contributed by atoms with Crippen molar-refractivity contribution >= 4 is 22.9 Å². The third kappa shape index (κ3) is 4.12. The van der Waals surface area contributed by atoms with Gasteiger partial charge in [-0.3, -0.25) is 4.79 Å². The van der Waals surface area contributed by atoms with Gasteiger partial charge in [-0.25, -0.2) is 9.78 Å². The molecule has 6 nitrogen and oxygen atoms in total. The number of carbonyl (C=O) groups excluding carboxylic acids is 1. The standard InChI is InChI=1S/C26H23N3O3/c30-25(27-14-17-5-6-17)20-11-12-24-23(13-20)28-16-29(24)15-18-7-9-19(10-8-18)21-3-1-2-4-22(21)26(31)32/h1-4,7-13,16-17H,5-6,14-15H2,(H,27,30)(H,31,32). The van der Waals surface area contributed by atoms with Gasteiger partial charge in [0, 0.05) is 18.7 Å². The van der Waals surface area contributed by atoms with E-state index in [-0.39, 0.29) is 11.5 Å². The van der Waals surface area contributed by atoms with E-state index in [4.69, 9.17) is 0 Å². The molecule has 0 unspecified atom stereocenters. The Labute approximate surface area is 185 Å². The number of rotatable bonds is 7. The van der Waals surface area contributed by atoms with Crippen molar-refractivity contribution in [2.45, 2.75) is 19.4 Å². The first kappa shape index (κ1) is 20.0. The van der Waals surface area contributed by atoms with Gasteiger partial charge in [0.15, 0.2) is 0 Å². The summed E-state index contributed by atoms with van der Waals surface area (Å²) in [5.74, 6) is -0.341. The number of imidazole rings is 1. The fourth-order valence-electron chi connectivity index (χ4n) is 3.90. The third-order valence-electron chi connectivity index (χ3n) is 5.91. The number of carboxylic acids is 1. The molecule has 1 aliphatic carbocycles. The number of nitrogens with one attached hydrogen (secondary N) is 1. The van der Waals surface area contributed by atoms with Gasteiger partial charge in [-0.1, -0.05) is 42.5 Å². The molecule has 0 aliphatic heterocycles.